The van der Waals surface area contributed by atoms with Gasteiger partial charge in [0.15, 0.2) is 0 Å². The Morgan fingerprint density at radius 3 is 1.26 bits per heavy atom. The minimum Gasteiger partial charge on any atom is -0.146 e. The fourth-order valence-electron chi connectivity index (χ4n) is 2.14. The molecule has 0 saturated heterocycles. The predicted molar refractivity (Wildman–Crippen MR) is 86.8 cm³/mol. The van der Waals surface area contributed by atoms with E-state index in [4.69, 9.17) is 0 Å². The maximum absolute atomic E-state index is 2.29. The highest BCUT2D eigenvalue weighted by molar-refractivity contribution is 7.99. The van der Waals surface area contributed by atoms with Crippen molar-refractivity contribution in [1.82, 2.24) is 0 Å². The summed E-state index contributed by atoms with van der Waals surface area (Å²) in [5, 5.41) is 1.05. The van der Waals surface area contributed by atoms with Gasteiger partial charge < -0.3 is 0 Å². The highest BCUT2D eigenvalue weighted by Gasteiger charge is 2.12. The molecule has 0 aliphatic rings. The minimum absolute atomic E-state index is 0.525. The summed E-state index contributed by atoms with van der Waals surface area (Å²) in [4.78, 5) is 0. The minimum atomic E-state index is 0.525. The Labute approximate surface area is 121 Å². The van der Waals surface area contributed by atoms with Crippen LogP contribution in [0.25, 0.3) is 0 Å². The molecule has 0 saturated carbocycles. The lowest BCUT2D eigenvalue weighted by Gasteiger charge is -2.18. The van der Waals surface area contributed by atoms with Crippen molar-refractivity contribution in [3.05, 3.63) is 70.8 Å². The van der Waals surface area contributed by atoms with Crippen molar-refractivity contribution < 1.29 is 0 Å². The van der Waals surface area contributed by atoms with Crippen molar-refractivity contribution in [3.63, 3.8) is 0 Å². The van der Waals surface area contributed by atoms with Gasteiger partial charge in [0.1, 0.15) is 0 Å². The summed E-state index contributed by atoms with van der Waals surface area (Å²) < 4.78 is 0. The average Bonchev–Trinajstić information content (AvgIpc) is 2.40. The number of rotatable bonds is 4. The van der Waals surface area contributed by atoms with Crippen LogP contribution in [0.5, 0.6) is 0 Å². The molecule has 0 spiro atoms. The van der Waals surface area contributed by atoms with Crippen LogP contribution in [-0.2, 0) is 0 Å². The van der Waals surface area contributed by atoms with E-state index in [2.05, 4.69) is 76.2 Å². The molecule has 0 bridgehead atoms. The molecule has 2 unspecified atom stereocenters. The molecular formula is C18H22S. The van der Waals surface area contributed by atoms with Gasteiger partial charge >= 0.3 is 0 Å². The molecule has 0 N–H and O–H groups in total. The summed E-state index contributed by atoms with van der Waals surface area (Å²) in [5.74, 6) is 0. The Hall–Kier alpha value is -1.21. The van der Waals surface area contributed by atoms with Gasteiger partial charge in [-0.1, -0.05) is 59.7 Å². The van der Waals surface area contributed by atoms with E-state index in [1.165, 1.54) is 22.3 Å². The molecule has 100 valence electrons. The van der Waals surface area contributed by atoms with Crippen molar-refractivity contribution >= 4 is 11.8 Å². The first kappa shape index (κ1) is 14.2. The van der Waals surface area contributed by atoms with E-state index < -0.39 is 0 Å². The van der Waals surface area contributed by atoms with Crippen LogP contribution in [0.1, 0.15) is 46.6 Å². The molecule has 0 aromatic heterocycles. The molecule has 0 nitrogen and oxygen atoms in total. The van der Waals surface area contributed by atoms with Gasteiger partial charge in [-0.2, -0.15) is 0 Å². The average molecular weight is 270 g/mol. The van der Waals surface area contributed by atoms with Crippen LogP contribution >= 0.6 is 11.8 Å². The van der Waals surface area contributed by atoms with Gasteiger partial charge in [0, 0.05) is 10.5 Å². The molecule has 1 heteroatoms. The summed E-state index contributed by atoms with van der Waals surface area (Å²) in [5.41, 5.74) is 5.48. The zero-order chi connectivity index (χ0) is 13.8. The Morgan fingerprint density at radius 2 is 0.947 bits per heavy atom. The van der Waals surface area contributed by atoms with Crippen molar-refractivity contribution in [1.29, 1.82) is 0 Å². The van der Waals surface area contributed by atoms with E-state index in [0.29, 0.717) is 10.5 Å². The Balaban J connectivity index is 2.03. The number of aryl methyl sites for hydroxylation is 2. The number of benzene rings is 2. The second-order valence-electron chi connectivity index (χ2n) is 5.24. The standard InChI is InChI=1S/C18H22S/c1-13-5-9-17(10-6-13)15(3)19-16(4)18-11-7-14(2)8-12-18/h5-12,15-16H,1-4H3. The van der Waals surface area contributed by atoms with Crippen LogP contribution in [0.4, 0.5) is 0 Å². The van der Waals surface area contributed by atoms with Crippen LogP contribution in [0.3, 0.4) is 0 Å². The van der Waals surface area contributed by atoms with Gasteiger partial charge in [0.25, 0.3) is 0 Å². The third-order valence-corrected chi connectivity index (χ3v) is 4.86. The largest absolute Gasteiger partial charge is 0.146 e. The molecule has 0 fully saturated rings. The summed E-state index contributed by atoms with van der Waals surface area (Å²) in [6.45, 7) is 8.85. The zero-order valence-electron chi connectivity index (χ0n) is 12.2. The molecule has 0 aliphatic heterocycles. The van der Waals surface area contributed by atoms with E-state index in [0.717, 1.165) is 0 Å². The third kappa shape index (κ3) is 3.87. The second kappa shape index (κ2) is 6.29. The second-order valence-corrected chi connectivity index (χ2v) is 6.93. The Morgan fingerprint density at radius 1 is 0.632 bits per heavy atom. The van der Waals surface area contributed by atoms with Gasteiger partial charge in [-0.15, -0.1) is 11.8 Å². The molecular weight excluding hydrogens is 248 g/mol. The molecule has 2 aromatic carbocycles. The summed E-state index contributed by atoms with van der Waals surface area (Å²) in [7, 11) is 0. The lowest BCUT2D eigenvalue weighted by Crippen LogP contribution is -1.94. The molecule has 0 heterocycles. The SMILES string of the molecule is Cc1ccc(C(C)SC(C)c2ccc(C)cc2)cc1. The van der Waals surface area contributed by atoms with Gasteiger partial charge in [-0.3, -0.25) is 0 Å². The van der Waals surface area contributed by atoms with Crippen molar-refractivity contribution in [3.8, 4) is 0 Å². The fraction of sp³-hybridized carbons (Fsp3) is 0.333. The summed E-state index contributed by atoms with van der Waals surface area (Å²) >= 11 is 2.02. The maximum Gasteiger partial charge on any atom is 0.0275 e. The van der Waals surface area contributed by atoms with Crippen LogP contribution in [0, 0.1) is 13.8 Å². The first-order valence-electron chi connectivity index (χ1n) is 6.85. The number of hydrogen-bond donors (Lipinski definition) is 0. The topological polar surface area (TPSA) is 0 Å². The summed E-state index contributed by atoms with van der Waals surface area (Å²) in [6.07, 6.45) is 0. The fourth-order valence-corrected chi connectivity index (χ4v) is 3.38. The van der Waals surface area contributed by atoms with E-state index in [1.807, 2.05) is 11.8 Å². The van der Waals surface area contributed by atoms with Gasteiger partial charge in [0.05, 0.1) is 0 Å². The smallest absolute Gasteiger partial charge is 0.0275 e. The highest BCUT2D eigenvalue weighted by Crippen LogP contribution is 2.39. The Bertz CT molecular complexity index is 461. The van der Waals surface area contributed by atoms with E-state index in [-0.39, 0.29) is 0 Å². The van der Waals surface area contributed by atoms with Gasteiger partial charge in [-0.25, -0.2) is 0 Å². The maximum atomic E-state index is 2.29. The Kier molecular flexibility index (Phi) is 4.71. The van der Waals surface area contributed by atoms with Crippen LogP contribution in [0.2, 0.25) is 0 Å². The predicted octanol–water partition coefficient (Wildman–Crippen LogP) is 5.86. The highest BCUT2D eigenvalue weighted by atomic mass is 32.2. The monoisotopic (exact) mass is 270 g/mol. The van der Waals surface area contributed by atoms with E-state index >= 15 is 0 Å². The van der Waals surface area contributed by atoms with Crippen LogP contribution in [0.15, 0.2) is 48.5 Å². The number of thioether (sulfide) groups is 1. The van der Waals surface area contributed by atoms with Crippen LogP contribution in [-0.4, -0.2) is 0 Å². The molecule has 0 aliphatic carbocycles. The summed E-state index contributed by atoms with van der Waals surface area (Å²) in [6, 6.07) is 17.8. The molecule has 0 radical (unpaired) electrons. The molecule has 2 rings (SSSR count). The van der Waals surface area contributed by atoms with Crippen molar-refractivity contribution in [2.24, 2.45) is 0 Å². The number of hydrogen-bond acceptors (Lipinski definition) is 1. The molecule has 19 heavy (non-hydrogen) atoms. The quantitative estimate of drug-likeness (QED) is 0.670. The zero-order valence-corrected chi connectivity index (χ0v) is 13.0. The van der Waals surface area contributed by atoms with Crippen molar-refractivity contribution in [2.45, 2.75) is 38.2 Å². The molecule has 2 atom stereocenters. The van der Waals surface area contributed by atoms with Gasteiger partial charge in [-0.05, 0) is 38.8 Å². The lowest BCUT2D eigenvalue weighted by atomic mass is 10.1. The van der Waals surface area contributed by atoms with E-state index in [1.54, 1.807) is 0 Å². The molecule has 0 amide bonds. The van der Waals surface area contributed by atoms with Gasteiger partial charge in [0.2, 0.25) is 0 Å². The molecule has 2 aromatic rings. The van der Waals surface area contributed by atoms with Crippen LogP contribution < -0.4 is 0 Å². The van der Waals surface area contributed by atoms with Crippen molar-refractivity contribution in [2.75, 3.05) is 0 Å². The van der Waals surface area contributed by atoms with E-state index in [9.17, 15) is 0 Å². The normalized spacial score (nSPS) is 14.1. The lowest BCUT2D eigenvalue weighted by molar-refractivity contribution is 1.03. The first-order chi connectivity index (χ1) is 9.06. The first-order valence-corrected chi connectivity index (χ1v) is 7.79. The third-order valence-electron chi connectivity index (χ3n) is 3.50.